The molecule has 0 aliphatic carbocycles. The molecule has 26 heavy (non-hydrogen) atoms. The molecule has 1 aliphatic heterocycles. The highest BCUT2D eigenvalue weighted by molar-refractivity contribution is 5.91. The zero-order chi connectivity index (χ0) is 18.4. The van der Waals surface area contributed by atoms with E-state index in [1.807, 2.05) is 43.7 Å². The molecule has 1 fully saturated rings. The number of pyridine rings is 1. The van der Waals surface area contributed by atoms with Gasteiger partial charge in [-0.1, -0.05) is 26.0 Å². The van der Waals surface area contributed by atoms with Crippen molar-refractivity contribution in [3.8, 4) is 0 Å². The Morgan fingerprint density at radius 3 is 2.54 bits per heavy atom. The number of aryl methyl sites for hydroxylation is 1. The average Bonchev–Trinajstić information content (AvgIpc) is 2.66. The van der Waals surface area contributed by atoms with E-state index in [4.69, 9.17) is 9.72 Å². The summed E-state index contributed by atoms with van der Waals surface area (Å²) >= 11 is 0. The molecule has 1 aromatic carbocycles. The molecule has 6 nitrogen and oxygen atoms in total. The Morgan fingerprint density at radius 2 is 1.85 bits per heavy atom. The van der Waals surface area contributed by atoms with Gasteiger partial charge in [0.1, 0.15) is 11.2 Å². The van der Waals surface area contributed by atoms with Gasteiger partial charge in [-0.3, -0.25) is 14.2 Å². The fourth-order valence-corrected chi connectivity index (χ4v) is 3.89. The van der Waals surface area contributed by atoms with Gasteiger partial charge >= 0.3 is 0 Å². The van der Waals surface area contributed by atoms with Gasteiger partial charge in [0.2, 0.25) is 5.43 Å². The van der Waals surface area contributed by atoms with Crippen molar-refractivity contribution in [2.24, 2.45) is 7.05 Å². The van der Waals surface area contributed by atoms with Crippen LogP contribution in [0.15, 0.2) is 33.9 Å². The number of benzene rings is 1. The first-order valence-corrected chi connectivity index (χ1v) is 9.12. The topological polar surface area (TPSA) is 66.1 Å². The highest BCUT2D eigenvalue weighted by Gasteiger charge is 2.25. The Hall–Kier alpha value is -2.47. The van der Waals surface area contributed by atoms with E-state index in [0.717, 1.165) is 24.2 Å². The van der Waals surface area contributed by atoms with Crippen molar-refractivity contribution in [3.63, 3.8) is 0 Å². The minimum atomic E-state index is -0.234. The zero-order valence-corrected chi connectivity index (χ0v) is 15.4. The normalized spacial score (nSPS) is 16.0. The molecule has 0 bridgehead atoms. The lowest BCUT2D eigenvalue weighted by Gasteiger charge is -2.28. The van der Waals surface area contributed by atoms with Crippen LogP contribution in [0.4, 0.5) is 0 Å². The number of nitrogens with zero attached hydrogens (tertiary/aromatic N) is 3. The van der Waals surface area contributed by atoms with Gasteiger partial charge in [0.25, 0.3) is 5.56 Å². The summed E-state index contributed by atoms with van der Waals surface area (Å²) in [4.78, 5) is 31.3. The van der Waals surface area contributed by atoms with E-state index in [2.05, 4.69) is 0 Å². The van der Waals surface area contributed by atoms with Crippen LogP contribution in [0, 0.1) is 0 Å². The molecule has 0 unspecified atom stereocenters. The van der Waals surface area contributed by atoms with Gasteiger partial charge in [0, 0.05) is 37.6 Å². The van der Waals surface area contributed by atoms with Gasteiger partial charge in [0.15, 0.2) is 5.65 Å². The lowest BCUT2D eigenvalue weighted by Crippen LogP contribution is -2.35. The van der Waals surface area contributed by atoms with Crippen molar-refractivity contribution in [2.75, 3.05) is 13.2 Å². The van der Waals surface area contributed by atoms with E-state index >= 15 is 0 Å². The number of para-hydroxylation sites is 1. The summed E-state index contributed by atoms with van der Waals surface area (Å²) in [6, 6.07) is 7.40. The smallest absolute Gasteiger partial charge is 0.267 e. The first kappa shape index (κ1) is 17.0. The van der Waals surface area contributed by atoms with Gasteiger partial charge < -0.3 is 9.30 Å². The van der Waals surface area contributed by atoms with E-state index in [-0.39, 0.29) is 28.3 Å². The SMILES string of the molecule is CC(C)c1nc2c(c(=O)c3ccccc3n2C)c(=O)n1C1CCOCC1. The minimum Gasteiger partial charge on any atom is -0.381 e. The van der Waals surface area contributed by atoms with Crippen molar-refractivity contribution >= 4 is 21.9 Å². The molecular weight excluding hydrogens is 330 g/mol. The third-order valence-electron chi connectivity index (χ3n) is 5.25. The van der Waals surface area contributed by atoms with Gasteiger partial charge in [-0.2, -0.15) is 0 Å². The predicted molar refractivity (Wildman–Crippen MR) is 102 cm³/mol. The molecule has 0 spiro atoms. The molecular formula is C20H23N3O3. The Kier molecular flexibility index (Phi) is 4.15. The second kappa shape index (κ2) is 6.36. The van der Waals surface area contributed by atoms with Crippen LogP contribution in [0.5, 0.6) is 0 Å². The van der Waals surface area contributed by atoms with Crippen LogP contribution in [-0.2, 0) is 11.8 Å². The summed E-state index contributed by atoms with van der Waals surface area (Å²) in [5.41, 5.74) is 0.792. The van der Waals surface area contributed by atoms with Crippen molar-refractivity contribution in [1.29, 1.82) is 0 Å². The van der Waals surface area contributed by atoms with Crippen molar-refractivity contribution < 1.29 is 4.74 Å². The summed E-state index contributed by atoms with van der Waals surface area (Å²) < 4.78 is 9.06. The predicted octanol–water partition coefficient (Wildman–Crippen LogP) is 2.72. The molecule has 1 saturated heterocycles. The van der Waals surface area contributed by atoms with Crippen molar-refractivity contribution in [2.45, 2.75) is 38.6 Å². The zero-order valence-electron chi connectivity index (χ0n) is 15.4. The van der Waals surface area contributed by atoms with Crippen LogP contribution in [0.3, 0.4) is 0 Å². The lowest BCUT2D eigenvalue weighted by molar-refractivity contribution is 0.0674. The number of hydrogen-bond donors (Lipinski definition) is 0. The molecule has 6 heteroatoms. The van der Waals surface area contributed by atoms with E-state index < -0.39 is 0 Å². The molecule has 0 atom stereocenters. The molecule has 4 rings (SSSR count). The van der Waals surface area contributed by atoms with Gasteiger partial charge in [-0.05, 0) is 25.0 Å². The molecule has 1 aliphatic rings. The molecule has 0 N–H and O–H groups in total. The van der Waals surface area contributed by atoms with Gasteiger partial charge in [0.05, 0.1) is 5.52 Å². The second-order valence-electron chi connectivity index (χ2n) is 7.25. The van der Waals surface area contributed by atoms with Crippen LogP contribution in [-0.4, -0.2) is 27.3 Å². The van der Waals surface area contributed by atoms with Crippen LogP contribution in [0.25, 0.3) is 21.9 Å². The van der Waals surface area contributed by atoms with E-state index in [0.29, 0.717) is 24.2 Å². The maximum absolute atomic E-state index is 13.4. The van der Waals surface area contributed by atoms with Crippen LogP contribution >= 0.6 is 0 Å². The first-order valence-electron chi connectivity index (χ1n) is 9.12. The van der Waals surface area contributed by atoms with Crippen LogP contribution in [0.2, 0.25) is 0 Å². The maximum atomic E-state index is 13.4. The third-order valence-corrected chi connectivity index (χ3v) is 5.25. The molecule has 0 saturated carbocycles. The maximum Gasteiger partial charge on any atom is 0.267 e. The first-order chi connectivity index (χ1) is 12.5. The minimum absolute atomic E-state index is 0.0294. The highest BCUT2D eigenvalue weighted by Crippen LogP contribution is 2.25. The fraction of sp³-hybridized carbons (Fsp3) is 0.450. The molecule has 2 aromatic heterocycles. The Labute approximate surface area is 151 Å². The molecule has 3 heterocycles. The number of fused-ring (bicyclic) bond motifs is 2. The number of ether oxygens (including phenoxy) is 1. The van der Waals surface area contributed by atoms with Crippen molar-refractivity contribution in [3.05, 3.63) is 50.7 Å². The number of aromatic nitrogens is 3. The third kappa shape index (κ3) is 2.48. The standard InChI is InChI=1S/C20H23N3O3/c1-12(2)18-21-19-16(20(25)23(18)13-8-10-26-11-9-13)17(24)14-6-4-5-7-15(14)22(19)3/h4-7,12-13H,8-11H2,1-3H3. The van der Waals surface area contributed by atoms with Crippen LogP contribution in [0.1, 0.15) is 44.5 Å². The Balaban J connectivity index is 2.15. The Bertz CT molecular complexity index is 1110. The fourth-order valence-electron chi connectivity index (χ4n) is 3.89. The van der Waals surface area contributed by atoms with Crippen molar-refractivity contribution in [1.82, 2.24) is 14.1 Å². The summed E-state index contributed by atoms with van der Waals surface area (Å²) in [6.07, 6.45) is 1.53. The molecule has 136 valence electrons. The largest absolute Gasteiger partial charge is 0.381 e. The summed E-state index contributed by atoms with van der Waals surface area (Å²) in [6.45, 7) is 5.32. The van der Waals surface area contributed by atoms with Gasteiger partial charge in [-0.15, -0.1) is 0 Å². The molecule has 0 amide bonds. The highest BCUT2D eigenvalue weighted by atomic mass is 16.5. The molecule has 3 aromatic rings. The quantitative estimate of drug-likeness (QED) is 0.665. The van der Waals surface area contributed by atoms with E-state index in [1.165, 1.54) is 0 Å². The summed E-state index contributed by atoms with van der Waals surface area (Å²) in [5.74, 6) is 0.816. The second-order valence-corrected chi connectivity index (χ2v) is 7.25. The molecule has 0 radical (unpaired) electrons. The monoisotopic (exact) mass is 353 g/mol. The summed E-state index contributed by atoms with van der Waals surface area (Å²) in [5, 5.41) is 0.735. The van der Waals surface area contributed by atoms with Crippen LogP contribution < -0.4 is 11.0 Å². The average molecular weight is 353 g/mol. The Morgan fingerprint density at radius 1 is 1.15 bits per heavy atom. The van der Waals surface area contributed by atoms with E-state index in [1.54, 1.807) is 10.6 Å². The van der Waals surface area contributed by atoms with Gasteiger partial charge in [-0.25, -0.2) is 4.98 Å². The number of hydrogen-bond acceptors (Lipinski definition) is 4. The summed E-state index contributed by atoms with van der Waals surface area (Å²) in [7, 11) is 1.86. The number of rotatable bonds is 2. The van der Waals surface area contributed by atoms with E-state index in [9.17, 15) is 9.59 Å². The lowest BCUT2D eigenvalue weighted by atomic mass is 10.1.